The van der Waals surface area contributed by atoms with Crippen LogP contribution in [0.3, 0.4) is 0 Å². The number of ether oxygens (including phenoxy) is 1. The van der Waals surface area contributed by atoms with Gasteiger partial charge in [-0.05, 0) is 6.42 Å². The van der Waals surface area contributed by atoms with Crippen molar-refractivity contribution in [2.45, 2.75) is 6.42 Å². The average Bonchev–Trinajstić information content (AvgIpc) is 2.52. The normalized spacial score (nSPS) is 15.4. The molecule has 0 bridgehead atoms. The van der Waals surface area contributed by atoms with Gasteiger partial charge in [-0.1, -0.05) is 0 Å². The molecule has 0 aromatic rings. The fourth-order valence-corrected chi connectivity index (χ4v) is 1.98. The van der Waals surface area contributed by atoms with Crippen molar-refractivity contribution >= 4 is 23.6 Å². The summed E-state index contributed by atoms with van der Waals surface area (Å²) < 4.78 is 4.65. The fourth-order valence-electron chi connectivity index (χ4n) is 1.85. The molecule has 116 valence electrons. The van der Waals surface area contributed by atoms with Crippen molar-refractivity contribution < 1.29 is 14.3 Å². The highest BCUT2D eigenvalue weighted by Crippen LogP contribution is 2.06. The van der Waals surface area contributed by atoms with E-state index < -0.39 is 5.91 Å². The number of methoxy groups -OCH3 is 1. The summed E-state index contributed by atoms with van der Waals surface area (Å²) in [5, 5.41) is 11.7. The standard InChI is InChI=1S/C13H19ClN4O3/c1-21-13(20)18-7-5-17(6-8-18)10-11(9-15)12(19)16-4-2-3-14/h10H,2-8H2,1H3,(H,16,19)/b11-10-. The van der Waals surface area contributed by atoms with Crippen LogP contribution in [0.25, 0.3) is 0 Å². The molecule has 2 amide bonds. The molecule has 0 spiro atoms. The second-order valence-corrected chi connectivity index (χ2v) is 4.82. The zero-order chi connectivity index (χ0) is 15.7. The molecule has 0 unspecified atom stereocenters. The van der Waals surface area contributed by atoms with Gasteiger partial charge in [-0.3, -0.25) is 4.79 Å². The number of alkyl halides is 1. The van der Waals surface area contributed by atoms with Gasteiger partial charge in [-0.15, -0.1) is 11.6 Å². The Bertz CT molecular complexity index is 439. The van der Waals surface area contributed by atoms with E-state index in [4.69, 9.17) is 16.9 Å². The maximum absolute atomic E-state index is 11.8. The minimum atomic E-state index is -0.405. The lowest BCUT2D eigenvalue weighted by Crippen LogP contribution is -2.47. The van der Waals surface area contributed by atoms with Crippen molar-refractivity contribution in [1.29, 1.82) is 5.26 Å². The van der Waals surface area contributed by atoms with Crippen LogP contribution in [0.1, 0.15) is 6.42 Å². The predicted molar refractivity (Wildman–Crippen MR) is 77.6 cm³/mol. The first kappa shape index (κ1) is 17.1. The third-order valence-corrected chi connectivity index (χ3v) is 3.29. The Morgan fingerprint density at radius 3 is 2.57 bits per heavy atom. The number of carbonyl (C=O) groups is 2. The van der Waals surface area contributed by atoms with Crippen LogP contribution in [0.15, 0.2) is 11.8 Å². The average molecular weight is 315 g/mol. The molecule has 0 atom stereocenters. The third kappa shape index (κ3) is 5.52. The molecule has 1 rings (SSSR count). The molecular formula is C13H19ClN4O3. The first-order valence-corrected chi connectivity index (χ1v) is 7.18. The Hall–Kier alpha value is -1.94. The van der Waals surface area contributed by atoms with E-state index in [2.05, 4.69) is 10.1 Å². The SMILES string of the molecule is COC(=O)N1CCN(/C=C(/C#N)C(=O)NCCCCl)CC1. The molecule has 0 aromatic heterocycles. The van der Waals surface area contributed by atoms with Crippen molar-refractivity contribution in [2.24, 2.45) is 0 Å². The third-order valence-electron chi connectivity index (χ3n) is 3.02. The van der Waals surface area contributed by atoms with Crippen LogP contribution >= 0.6 is 11.6 Å². The molecule has 21 heavy (non-hydrogen) atoms. The van der Waals surface area contributed by atoms with Gasteiger partial charge in [-0.2, -0.15) is 5.26 Å². The predicted octanol–water partition coefficient (Wildman–Crippen LogP) is 0.523. The maximum atomic E-state index is 11.8. The van der Waals surface area contributed by atoms with Crippen molar-refractivity contribution in [3.05, 3.63) is 11.8 Å². The molecule has 0 aliphatic carbocycles. The molecule has 1 aliphatic rings. The second kappa shape index (κ2) is 9.08. The van der Waals surface area contributed by atoms with Gasteiger partial charge < -0.3 is 19.9 Å². The first-order chi connectivity index (χ1) is 10.1. The number of rotatable bonds is 5. The molecule has 1 N–H and O–H groups in total. The molecule has 1 saturated heterocycles. The van der Waals surface area contributed by atoms with E-state index in [1.165, 1.54) is 13.3 Å². The number of carbonyl (C=O) groups excluding carboxylic acids is 2. The van der Waals surface area contributed by atoms with E-state index in [1.807, 2.05) is 11.0 Å². The van der Waals surface area contributed by atoms with Crippen LogP contribution in [0.2, 0.25) is 0 Å². The topological polar surface area (TPSA) is 85.7 Å². The summed E-state index contributed by atoms with van der Waals surface area (Å²) >= 11 is 5.52. The van der Waals surface area contributed by atoms with Crippen LogP contribution in [0.5, 0.6) is 0 Å². The molecule has 0 aromatic carbocycles. The lowest BCUT2D eigenvalue weighted by molar-refractivity contribution is -0.117. The molecule has 0 radical (unpaired) electrons. The Balaban J connectivity index is 2.51. The summed E-state index contributed by atoms with van der Waals surface area (Å²) in [6.45, 7) is 2.54. The van der Waals surface area contributed by atoms with Gasteiger partial charge in [0.2, 0.25) is 0 Å². The smallest absolute Gasteiger partial charge is 0.409 e. The molecule has 1 heterocycles. The van der Waals surface area contributed by atoms with Crippen LogP contribution in [0, 0.1) is 11.3 Å². The molecule has 0 saturated carbocycles. The monoisotopic (exact) mass is 314 g/mol. The van der Waals surface area contributed by atoms with E-state index in [0.717, 1.165) is 0 Å². The molecule has 1 aliphatic heterocycles. The van der Waals surface area contributed by atoms with Gasteiger partial charge in [0, 0.05) is 44.8 Å². The van der Waals surface area contributed by atoms with E-state index in [9.17, 15) is 9.59 Å². The summed E-state index contributed by atoms with van der Waals surface area (Å²) in [6, 6.07) is 1.89. The lowest BCUT2D eigenvalue weighted by Gasteiger charge is -2.33. The van der Waals surface area contributed by atoms with Gasteiger partial charge in [0.05, 0.1) is 7.11 Å². The quantitative estimate of drug-likeness (QED) is 0.346. The Morgan fingerprint density at radius 2 is 2.05 bits per heavy atom. The highest BCUT2D eigenvalue weighted by Gasteiger charge is 2.21. The Morgan fingerprint density at radius 1 is 1.38 bits per heavy atom. The molecular weight excluding hydrogens is 296 g/mol. The van der Waals surface area contributed by atoms with Gasteiger partial charge >= 0.3 is 6.09 Å². The van der Waals surface area contributed by atoms with Crippen LogP contribution in [-0.2, 0) is 9.53 Å². The van der Waals surface area contributed by atoms with Crippen LogP contribution < -0.4 is 5.32 Å². The molecule has 8 heteroatoms. The first-order valence-electron chi connectivity index (χ1n) is 6.65. The van der Waals surface area contributed by atoms with E-state index in [-0.39, 0.29) is 11.7 Å². The minimum absolute atomic E-state index is 0.0519. The number of nitriles is 1. The molecule has 1 fully saturated rings. The summed E-state index contributed by atoms with van der Waals surface area (Å²) in [5.74, 6) is 0.0551. The van der Waals surface area contributed by atoms with Crippen LogP contribution in [-0.4, -0.2) is 67.5 Å². The summed E-state index contributed by atoms with van der Waals surface area (Å²) in [7, 11) is 1.34. The zero-order valence-electron chi connectivity index (χ0n) is 12.0. The summed E-state index contributed by atoms with van der Waals surface area (Å²) in [4.78, 5) is 26.6. The minimum Gasteiger partial charge on any atom is -0.453 e. The Kier molecular flexibility index (Phi) is 7.40. The number of hydrogen-bond donors (Lipinski definition) is 1. The maximum Gasteiger partial charge on any atom is 0.409 e. The van der Waals surface area contributed by atoms with Crippen molar-refractivity contribution in [1.82, 2.24) is 15.1 Å². The Labute approximate surface area is 129 Å². The zero-order valence-corrected chi connectivity index (χ0v) is 12.7. The van der Waals surface area contributed by atoms with Gasteiger partial charge in [-0.25, -0.2) is 4.79 Å². The van der Waals surface area contributed by atoms with Gasteiger partial charge in [0.25, 0.3) is 5.91 Å². The lowest BCUT2D eigenvalue weighted by atomic mass is 10.2. The summed E-state index contributed by atoms with van der Waals surface area (Å²) in [6.07, 6.45) is 1.83. The van der Waals surface area contributed by atoms with E-state index >= 15 is 0 Å². The fraction of sp³-hybridized carbons (Fsp3) is 0.615. The number of nitrogens with one attached hydrogen (secondary N) is 1. The molecule has 7 nitrogen and oxygen atoms in total. The van der Waals surface area contributed by atoms with Crippen molar-refractivity contribution in [3.63, 3.8) is 0 Å². The van der Waals surface area contributed by atoms with Crippen molar-refractivity contribution in [3.8, 4) is 6.07 Å². The van der Waals surface area contributed by atoms with E-state index in [0.29, 0.717) is 45.0 Å². The highest BCUT2D eigenvalue weighted by molar-refractivity contribution is 6.17. The number of piperazine rings is 1. The summed E-state index contributed by atoms with van der Waals surface area (Å²) in [5.41, 5.74) is 0.0519. The largest absolute Gasteiger partial charge is 0.453 e. The number of halogens is 1. The van der Waals surface area contributed by atoms with Gasteiger partial charge in [0.1, 0.15) is 11.6 Å². The van der Waals surface area contributed by atoms with Crippen molar-refractivity contribution in [2.75, 3.05) is 45.7 Å². The second-order valence-electron chi connectivity index (χ2n) is 4.45. The van der Waals surface area contributed by atoms with Gasteiger partial charge in [0.15, 0.2) is 0 Å². The number of amides is 2. The van der Waals surface area contributed by atoms with E-state index in [1.54, 1.807) is 4.90 Å². The number of nitrogens with zero attached hydrogens (tertiary/aromatic N) is 3. The highest BCUT2D eigenvalue weighted by atomic mass is 35.5. The van der Waals surface area contributed by atoms with Crippen LogP contribution in [0.4, 0.5) is 4.79 Å². The number of hydrogen-bond acceptors (Lipinski definition) is 5.